The molecule has 13 nitrogen and oxygen atoms in total. The lowest BCUT2D eigenvalue weighted by atomic mass is 9.78. The lowest BCUT2D eigenvalue weighted by Crippen LogP contribution is -2.59. The highest BCUT2D eigenvalue weighted by atomic mass is 16.8. The van der Waals surface area contributed by atoms with Crippen molar-refractivity contribution in [3.63, 3.8) is 0 Å². The van der Waals surface area contributed by atoms with E-state index < -0.39 is 71.7 Å². The summed E-state index contributed by atoms with van der Waals surface area (Å²) in [4.78, 5) is 49.7. The first kappa shape index (κ1) is 43.7. The zero-order chi connectivity index (χ0) is 41.1. The first-order valence-electron chi connectivity index (χ1n) is 20.0. The average Bonchev–Trinajstić information content (AvgIpc) is 3.47. The van der Waals surface area contributed by atoms with Crippen LogP contribution in [0.5, 0.6) is 0 Å². The predicted octanol–water partition coefficient (Wildman–Crippen LogP) is 5.65. The lowest BCUT2D eigenvalue weighted by molar-refractivity contribution is -0.297. The van der Waals surface area contributed by atoms with E-state index in [-0.39, 0.29) is 30.7 Å². The minimum absolute atomic E-state index is 0.0492. The van der Waals surface area contributed by atoms with E-state index in [2.05, 4.69) is 22.9 Å². The smallest absolute Gasteiger partial charge is 0.457 e. The molecule has 0 amide bonds. The summed E-state index contributed by atoms with van der Waals surface area (Å²) in [6.45, 7) is 15.4. The number of hydrogen-bond acceptors (Lipinski definition) is 13. The highest BCUT2D eigenvalue weighted by molar-refractivity contribution is 6.00. The minimum Gasteiger partial charge on any atom is -0.457 e. The van der Waals surface area contributed by atoms with Crippen LogP contribution in [-0.4, -0.2) is 132 Å². The van der Waals surface area contributed by atoms with Crippen LogP contribution in [0.4, 0.5) is 4.79 Å². The maximum absolute atomic E-state index is 14.5. The van der Waals surface area contributed by atoms with Crippen LogP contribution in [-0.2, 0) is 38.0 Å². The van der Waals surface area contributed by atoms with Gasteiger partial charge in [-0.3, -0.25) is 19.5 Å². The number of aromatic nitrogens is 1. The number of hydrogen-bond donors (Lipinski definition) is 1. The zero-order valence-electron chi connectivity index (χ0n) is 35.0. The molecule has 0 aliphatic carbocycles. The number of carbonyl (C=O) groups excluding carboxylic acids is 3. The van der Waals surface area contributed by atoms with Crippen molar-refractivity contribution in [1.29, 1.82) is 0 Å². The van der Waals surface area contributed by atoms with Gasteiger partial charge in [-0.25, -0.2) is 4.79 Å². The van der Waals surface area contributed by atoms with Crippen LogP contribution < -0.4 is 0 Å². The summed E-state index contributed by atoms with van der Waals surface area (Å²) >= 11 is 0. The van der Waals surface area contributed by atoms with Gasteiger partial charge in [0.2, 0.25) is 0 Å². The Balaban J connectivity index is 1.54. The second-order valence-corrected chi connectivity index (χ2v) is 16.9. The Morgan fingerprint density at radius 3 is 2.48 bits per heavy atom. The van der Waals surface area contributed by atoms with Gasteiger partial charge in [-0.15, -0.1) is 0 Å². The molecular weight excluding hydrogens is 718 g/mol. The van der Waals surface area contributed by atoms with E-state index in [4.69, 9.17) is 28.4 Å². The number of benzene rings is 1. The first-order valence-corrected chi connectivity index (χ1v) is 20.0. The Labute approximate surface area is 332 Å². The molecule has 1 aromatic carbocycles. The second-order valence-electron chi connectivity index (χ2n) is 16.9. The molecule has 4 heterocycles. The minimum atomic E-state index is -1.29. The molecule has 1 aromatic heterocycles. The molecule has 0 saturated carbocycles. The molecule has 310 valence electrons. The molecule has 0 unspecified atom stereocenters. The third kappa shape index (κ3) is 9.45. The Morgan fingerprint density at radius 1 is 1.07 bits per heavy atom. The highest BCUT2D eigenvalue weighted by Gasteiger charge is 2.58. The number of rotatable bonds is 8. The number of fused-ring (bicyclic) bond motifs is 2. The summed E-state index contributed by atoms with van der Waals surface area (Å²) in [6.07, 6.45) is 1.23. The van der Waals surface area contributed by atoms with Crippen LogP contribution in [0.2, 0.25) is 0 Å². The Bertz CT molecular complexity index is 1720. The van der Waals surface area contributed by atoms with Gasteiger partial charge in [-0.05, 0) is 98.6 Å². The summed E-state index contributed by atoms with van der Waals surface area (Å²) < 4.78 is 37.5. The number of nitrogens with zero attached hydrogens (tertiary/aromatic N) is 3. The second kappa shape index (κ2) is 18.0. The molecule has 0 bridgehead atoms. The van der Waals surface area contributed by atoms with Gasteiger partial charge < -0.3 is 38.4 Å². The molecule has 0 spiro atoms. The summed E-state index contributed by atoms with van der Waals surface area (Å²) in [5.41, 5.74) is -0.629. The molecular formula is C43H63N3O10. The Kier molecular flexibility index (Phi) is 14.0. The molecule has 56 heavy (non-hydrogen) atoms. The van der Waals surface area contributed by atoms with Gasteiger partial charge in [0.15, 0.2) is 23.8 Å². The van der Waals surface area contributed by atoms with Crippen molar-refractivity contribution >= 4 is 34.9 Å². The number of pyridine rings is 1. The molecule has 3 saturated heterocycles. The Hall–Kier alpha value is -3.46. The molecule has 13 atom stereocenters. The largest absolute Gasteiger partial charge is 0.509 e. The van der Waals surface area contributed by atoms with Crippen LogP contribution in [0.3, 0.4) is 0 Å². The van der Waals surface area contributed by atoms with Gasteiger partial charge in [0.25, 0.3) is 0 Å². The number of para-hydroxylation sites is 1. The number of cyclic esters (lactones) is 1. The maximum atomic E-state index is 14.5. The summed E-state index contributed by atoms with van der Waals surface area (Å²) in [7, 11) is 5.76. The van der Waals surface area contributed by atoms with Crippen molar-refractivity contribution in [1.82, 2.24) is 14.8 Å². The van der Waals surface area contributed by atoms with Crippen LogP contribution >= 0.6 is 0 Å². The third-order valence-corrected chi connectivity index (χ3v) is 12.1. The number of aliphatic hydroxyl groups excluding tert-OH is 1. The Morgan fingerprint density at radius 2 is 1.79 bits per heavy atom. The maximum Gasteiger partial charge on any atom is 0.509 e. The number of carbonyl (C=O) groups is 3. The zero-order valence-corrected chi connectivity index (χ0v) is 35.0. The van der Waals surface area contributed by atoms with Crippen LogP contribution in [0.15, 0.2) is 42.6 Å². The normalized spacial score (nSPS) is 38.2. The molecule has 5 rings (SSSR count). The number of ether oxygens (including phenoxy) is 6. The highest BCUT2D eigenvalue weighted by Crippen LogP contribution is 2.40. The fraction of sp³-hybridized carbons (Fsp3) is 0.674. The van der Waals surface area contributed by atoms with Crippen molar-refractivity contribution in [2.75, 3.05) is 34.3 Å². The van der Waals surface area contributed by atoms with Crippen molar-refractivity contribution in [2.24, 2.45) is 17.8 Å². The number of Topliss-reactive ketones (excluding diaryl/α,β-unsaturated/α-hetero) is 1. The van der Waals surface area contributed by atoms with Crippen LogP contribution in [0.1, 0.15) is 80.2 Å². The first-order chi connectivity index (χ1) is 26.4. The number of likely N-dealkylation sites (N-methyl/N-ethyl adjacent to an activating group) is 2. The standard InChI is InChI=1S/C43H63N3O10/c1-12-34-43(8)38(55-41(50)56-43)29(6)46(11)24-25(2)22-42(7,51-19-15-16-30-21-31-17-13-14-18-32(31)44-23-30)37(27(4)35(47)28(5)39(49)53-34)54-40-36(48)33(45(9)10)20-26(3)52-40/h13-18,21,23,25-29,33-34,36-38,40,48H,12,19-20,22,24H2,1-11H3/b16-15+/t25-,26-,27+,28-,29+,33+,34+,36-,37-,38-,40+,42+,43-/m1/s1. The van der Waals surface area contributed by atoms with E-state index in [0.29, 0.717) is 25.8 Å². The van der Waals surface area contributed by atoms with Crippen molar-refractivity contribution in [2.45, 2.75) is 135 Å². The fourth-order valence-corrected chi connectivity index (χ4v) is 8.91. The van der Waals surface area contributed by atoms with E-state index in [0.717, 1.165) is 16.5 Å². The van der Waals surface area contributed by atoms with E-state index >= 15 is 0 Å². The molecule has 13 heteroatoms. The van der Waals surface area contributed by atoms with Crippen molar-refractivity contribution in [3.8, 4) is 0 Å². The van der Waals surface area contributed by atoms with Crippen molar-refractivity contribution in [3.05, 3.63) is 48.2 Å². The number of aliphatic hydroxyl groups is 1. The van der Waals surface area contributed by atoms with Crippen molar-refractivity contribution < 1.29 is 47.9 Å². The monoisotopic (exact) mass is 781 g/mol. The van der Waals surface area contributed by atoms with E-state index in [1.165, 1.54) is 6.92 Å². The van der Waals surface area contributed by atoms with Crippen LogP contribution in [0, 0.1) is 17.8 Å². The third-order valence-electron chi connectivity index (χ3n) is 12.1. The van der Waals surface area contributed by atoms with Gasteiger partial charge >= 0.3 is 12.1 Å². The summed E-state index contributed by atoms with van der Waals surface area (Å²) in [5.74, 6) is -3.33. The van der Waals surface area contributed by atoms with Gasteiger partial charge in [0.1, 0.15) is 18.1 Å². The molecule has 3 fully saturated rings. The molecule has 2 aromatic rings. The van der Waals surface area contributed by atoms with E-state index in [1.807, 2.05) is 96.4 Å². The summed E-state index contributed by atoms with van der Waals surface area (Å²) in [5, 5.41) is 12.6. The topological polar surface area (TPSA) is 146 Å². The molecule has 0 radical (unpaired) electrons. The average molecular weight is 782 g/mol. The van der Waals surface area contributed by atoms with Gasteiger partial charge in [0.05, 0.1) is 29.9 Å². The molecule has 3 aliphatic rings. The van der Waals surface area contributed by atoms with Gasteiger partial charge in [-0.2, -0.15) is 0 Å². The predicted molar refractivity (Wildman–Crippen MR) is 212 cm³/mol. The summed E-state index contributed by atoms with van der Waals surface area (Å²) in [6, 6.07) is 9.38. The number of esters is 1. The number of ketones is 1. The van der Waals surface area contributed by atoms with Gasteiger partial charge in [-0.1, -0.05) is 51.1 Å². The molecule has 3 aliphatic heterocycles. The molecule has 1 N–H and O–H groups in total. The van der Waals surface area contributed by atoms with E-state index in [9.17, 15) is 19.5 Å². The van der Waals surface area contributed by atoms with E-state index in [1.54, 1.807) is 13.8 Å². The quantitative estimate of drug-likeness (QED) is 0.260. The van der Waals surface area contributed by atoms with Gasteiger partial charge in [0, 0.05) is 36.1 Å². The lowest BCUT2D eigenvalue weighted by Gasteiger charge is -2.47. The van der Waals surface area contributed by atoms with Crippen LogP contribution in [0.25, 0.3) is 17.0 Å². The fourth-order valence-electron chi connectivity index (χ4n) is 8.91. The SMILES string of the molecule is CC[C@@H]1OC(=O)[C@H](C)C(=O)[C@H](C)[C@@H](O[C@@H]2O[C@H](C)C[C@H](N(C)C)[C@H]2O)[C@@](C)(OC/C=C/c2cnc3ccccc3c2)C[C@@H](C)CN(C)[C@@H](C)[C@H]2OC(=O)O[C@]12C.